The van der Waals surface area contributed by atoms with Gasteiger partial charge in [-0.25, -0.2) is 0 Å². The standard InChI is InChI=1S/C18H9BrN2/c19-18-4-3-14-8-15(1-2-16(14)9-18)17-6-12(10-20)5-13(7-17)11-21/h1-9H. The molecule has 0 fully saturated rings. The molecule has 0 aliphatic carbocycles. The molecule has 3 aromatic carbocycles. The van der Waals surface area contributed by atoms with Crippen LogP contribution in [0.2, 0.25) is 0 Å². The Kier molecular flexibility index (Phi) is 3.44. The molecule has 3 heteroatoms. The van der Waals surface area contributed by atoms with Crippen LogP contribution < -0.4 is 0 Å². The van der Waals surface area contributed by atoms with E-state index in [4.69, 9.17) is 10.5 Å². The summed E-state index contributed by atoms with van der Waals surface area (Å²) < 4.78 is 1.04. The summed E-state index contributed by atoms with van der Waals surface area (Å²) in [5, 5.41) is 20.4. The summed E-state index contributed by atoms with van der Waals surface area (Å²) in [6.45, 7) is 0. The summed E-state index contributed by atoms with van der Waals surface area (Å²) >= 11 is 3.46. The fraction of sp³-hybridized carbons (Fsp3) is 0. The Bertz CT molecular complexity index is 898. The van der Waals surface area contributed by atoms with Crippen molar-refractivity contribution >= 4 is 26.7 Å². The second-order valence-electron chi connectivity index (χ2n) is 4.73. The quantitative estimate of drug-likeness (QED) is 0.628. The Morgan fingerprint density at radius 1 is 0.667 bits per heavy atom. The van der Waals surface area contributed by atoms with E-state index in [0.29, 0.717) is 11.1 Å². The number of nitriles is 2. The molecule has 0 N–H and O–H groups in total. The number of nitrogens with zero attached hydrogens (tertiary/aromatic N) is 2. The smallest absolute Gasteiger partial charge is 0.0992 e. The van der Waals surface area contributed by atoms with E-state index in [1.807, 2.05) is 24.3 Å². The third kappa shape index (κ3) is 2.65. The zero-order valence-electron chi connectivity index (χ0n) is 11.0. The normalized spacial score (nSPS) is 10.0. The van der Waals surface area contributed by atoms with E-state index in [1.54, 1.807) is 18.2 Å². The van der Waals surface area contributed by atoms with E-state index in [0.717, 1.165) is 26.4 Å². The molecule has 0 aromatic heterocycles. The van der Waals surface area contributed by atoms with Crippen molar-refractivity contribution in [3.63, 3.8) is 0 Å². The molecule has 0 radical (unpaired) electrons. The van der Waals surface area contributed by atoms with Crippen LogP contribution in [0.15, 0.2) is 59.1 Å². The van der Waals surface area contributed by atoms with Crippen molar-refractivity contribution in [1.29, 1.82) is 10.5 Å². The molecule has 0 saturated heterocycles. The molecule has 0 spiro atoms. The van der Waals surface area contributed by atoms with Crippen LogP contribution in [0.3, 0.4) is 0 Å². The molecule has 0 heterocycles. The number of benzene rings is 3. The molecule has 0 amide bonds. The summed E-state index contributed by atoms with van der Waals surface area (Å²) in [4.78, 5) is 0. The van der Waals surface area contributed by atoms with Gasteiger partial charge in [0, 0.05) is 4.47 Å². The van der Waals surface area contributed by atoms with Crippen LogP contribution in [0.4, 0.5) is 0 Å². The van der Waals surface area contributed by atoms with Gasteiger partial charge in [-0.3, -0.25) is 0 Å². The first-order valence-electron chi connectivity index (χ1n) is 6.34. The molecule has 0 aliphatic rings. The van der Waals surface area contributed by atoms with Crippen molar-refractivity contribution in [1.82, 2.24) is 0 Å². The van der Waals surface area contributed by atoms with E-state index in [9.17, 15) is 0 Å². The van der Waals surface area contributed by atoms with Gasteiger partial charge >= 0.3 is 0 Å². The Hall–Kier alpha value is -2.62. The Morgan fingerprint density at radius 3 is 1.95 bits per heavy atom. The molecule has 0 saturated carbocycles. The van der Waals surface area contributed by atoms with Gasteiger partial charge in [0.1, 0.15) is 0 Å². The molecular formula is C18H9BrN2. The van der Waals surface area contributed by atoms with Crippen molar-refractivity contribution in [2.75, 3.05) is 0 Å². The lowest BCUT2D eigenvalue weighted by molar-refractivity contribution is 1.45. The Balaban J connectivity index is 2.19. The van der Waals surface area contributed by atoms with Crippen molar-refractivity contribution in [2.24, 2.45) is 0 Å². The molecule has 2 nitrogen and oxygen atoms in total. The van der Waals surface area contributed by atoms with Crippen LogP contribution >= 0.6 is 15.9 Å². The molecule has 98 valence electrons. The van der Waals surface area contributed by atoms with Crippen molar-refractivity contribution in [3.05, 3.63) is 70.2 Å². The first-order valence-corrected chi connectivity index (χ1v) is 7.14. The average Bonchev–Trinajstić information content (AvgIpc) is 2.53. The molecule has 21 heavy (non-hydrogen) atoms. The van der Waals surface area contributed by atoms with Crippen molar-refractivity contribution in [3.8, 4) is 23.3 Å². The predicted molar refractivity (Wildman–Crippen MR) is 86.5 cm³/mol. The fourth-order valence-electron chi connectivity index (χ4n) is 2.32. The van der Waals surface area contributed by atoms with Gasteiger partial charge in [0.2, 0.25) is 0 Å². The molecular weight excluding hydrogens is 324 g/mol. The molecule has 0 bridgehead atoms. The maximum Gasteiger partial charge on any atom is 0.0992 e. The molecule has 0 aliphatic heterocycles. The SMILES string of the molecule is N#Cc1cc(C#N)cc(-c2ccc3cc(Br)ccc3c2)c1. The summed E-state index contributed by atoms with van der Waals surface area (Å²) in [6.07, 6.45) is 0. The Labute approximate surface area is 131 Å². The summed E-state index contributed by atoms with van der Waals surface area (Å²) in [6, 6.07) is 21.6. The van der Waals surface area contributed by atoms with E-state index >= 15 is 0 Å². The van der Waals surface area contributed by atoms with Crippen LogP contribution in [0, 0.1) is 22.7 Å². The van der Waals surface area contributed by atoms with Crippen LogP contribution in [0.1, 0.15) is 11.1 Å². The minimum absolute atomic E-state index is 0.500. The fourth-order valence-corrected chi connectivity index (χ4v) is 2.70. The Morgan fingerprint density at radius 2 is 1.29 bits per heavy atom. The van der Waals surface area contributed by atoms with Crippen LogP contribution in [-0.2, 0) is 0 Å². The number of hydrogen-bond donors (Lipinski definition) is 0. The lowest BCUT2D eigenvalue weighted by Gasteiger charge is -2.06. The third-order valence-electron chi connectivity index (χ3n) is 3.33. The van der Waals surface area contributed by atoms with Crippen LogP contribution in [0.25, 0.3) is 21.9 Å². The van der Waals surface area contributed by atoms with Gasteiger partial charge in [-0.2, -0.15) is 10.5 Å². The van der Waals surface area contributed by atoms with Gasteiger partial charge in [0.25, 0.3) is 0 Å². The van der Waals surface area contributed by atoms with Gasteiger partial charge in [0.05, 0.1) is 23.3 Å². The highest BCUT2D eigenvalue weighted by molar-refractivity contribution is 9.10. The van der Waals surface area contributed by atoms with Gasteiger partial charge in [-0.1, -0.05) is 34.1 Å². The zero-order valence-corrected chi connectivity index (χ0v) is 12.6. The zero-order chi connectivity index (χ0) is 14.8. The largest absolute Gasteiger partial charge is 0.192 e. The van der Waals surface area contributed by atoms with Crippen molar-refractivity contribution in [2.45, 2.75) is 0 Å². The first-order chi connectivity index (χ1) is 10.2. The third-order valence-corrected chi connectivity index (χ3v) is 3.82. The number of hydrogen-bond acceptors (Lipinski definition) is 2. The van der Waals surface area contributed by atoms with Gasteiger partial charge in [-0.05, 0) is 58.3 Å². The lowest BCUT2D eigenvalue weighted by Crippen LogP contribution is -1.85. The highest BCUT2D eigenvalue weighted by Gasteiger charge is 2.04. The summed E-state index contributed by atoms with van der Waals surface area (Å²) in [5.41, 5.74) is 2.88. The predicted octanol–water partition coefficient (Wildman–Crippen LogP) is 5.01. The summed E-state index contributed by atoms with van der Waals surface area (Å²) in [5.74, 6) is 0. The van der Waals surface area contributed by atoms with Crippen molar-refractivity contribution < 1.29 is 0 Å². The lowest BCUT2D eigenvalue weighted by atomic mass is 9.98. The van der Waals surface area contributed by atoms with E-state index in [2.05, 4.69) is 40.2 Å². The second-order valence-corrected chi connectivity index (χ2v) is 5.64. The topological polar surface area (TPSA) is 47.6 Å². The minimum Gasteiger partial charge on any atom is -0.192 e. The molecule has 3 aromatic rings. The minimum atomic E-state index is 0.500. The number of rotatable bonds is 1. The highest BCUT2D eigenvalue weighted by atomic mass is 79.9. The number of fused-ring (bicyclic) bond motifs is 1. The second kappa shape index (κ2) is 5.40. The van der Waals surface area contributed by atoms with Crippen LogP contribution in [-0.4, -0.2) is 0 Å². The molecule has 3 rings (SSSR count). The van der Waals surface area contributed by atoms with E-state index < -0.39 is 0 Å². The van der Waals surface area contributed by atoms with Gasteiger partial charge in [-0.15, -0.1) is 0 Å². The van der Waals surface area contributed by atoms with E-state index in [1.165, 1.54) is 0 Å². The maximum atomic E-state index is 9.07. The first kappa shape index (κ1) is 13.4. The summed E-state index contributed by atoms with van der Waals surface area (Å²) in [7, 11) is 0. The maximum absolute atomic E-state index is 9.07. The molecule has 0 unspecified atom stereocenters. The van der Waals surface area contributed by atoms with Crippen LogP contribution in [0.5, 0.6) is 0 Å². The highest BCUT2D eigenvalue weighted by Crippen LogP contribution is 2.27. The van der Waals surface area contributed by atoms with Gasteiger partial charge in [0.15, 0.2) is 0 Å². The van der Waals surface area contributed by atoms with Gasteiger partial charge < -0.3 is 0 Å². The molecule has 0 atom stereocenters. The monoisotopic (exact) mass is 332 g/mol. The average molecular weight is 333 g/mol. The number of halogens is 1. The van der Waals surface area contributed by atoms with E-state index in [-0.39, 0.29) is 0 Å².